The molecule has 3 saturated carbocycles. The first-order valence-electron chi connectivity index (χ1n) is 16.0. The quantitative estimate of drug-likeness (QED) is 0.163. The predicted octanol–water partition coefficient (Wildman–Crippen LogP) is 5.72. The van der Waals surface area contributed by atoms with Crippen molar-refractivity contribution < 1.29 is 24.2 Å². The van der Waals surface area contributed by atoms with Gasteiger partial charge in [-0.15, -0.1) is 0 Å². The Bertz CT molecular complexity index is 1500. The van der Waals surface area contributed by atoms with Gasteiger partial charge in [0.2, 0.25) is 0 Å². The van der Waals surface area contributed by atoms with E-state index in [1.807, 2.05) is 39.2 Å². The summed E-state index contributed by atoms with van der Waals surface area (Å²) in [7, 11) is 3.73. The van der Waals surface area contributed by atoms with Crippen molar-refractivity contribution in [3.8, 4) is 0 Å². The molecule has 10 heteroatoms. The lowest BCUT2D eigenvalue weighted by molar-refractivity contribution is -0.139. The Balaban J connectivity index is 1.25. The Labute approximate surface area is 274 Å². The molecule has 1 aliphatic heterocycles. The number of rotatable bonds is 8. The van der Waals surface area contributed by atoms with Gasteiger partial charge in [-0.2, -0.15) is 5.10 Å². The number of hydrogen-bond donors (Lipinski definition) is 1. The van der Waals surface area contributed by atoms with Crippen LogP contribution >= 0.6 is 15.9 Å². The number of oxime groups is 1. The molecule has 1 N–H and O–H groups in total. The van der Waals surface area contributed by atoms with Crippen LogP contribution in [0.25, 0.3) is 0 Å². The number of hydrogen-bond acceptors (Lipinski definition) is 9. The van der Waals surface area contributed by atoms with E-state index in [1.165, 1.54) is 18.1 Å². The Morgan fingerprint density at radius 1 is 1.29 bits per heavy atom. The average Bonchev–Trinajstić information content (AvgIpc) is 3.42. The maximum Gasteiger partial charge on any atom is 0.303 e. The van der Waals surface area contributed by atoms with Gasteiger partial charge in [0.15, 0.2) is 5.90 Å². The monoisotopic (exact) mass is 680 g/mol. The van der Waals surface area contributed by atoms with Crippen LogP contribution in [0, 0.1) is 28.6 Å². The van der Waals surface area contributed by atoms with Crippen LogP contribution < -0.4 is 0 Å². The van der Waals surface area contributed by atoms with E-state index in [1.54, 1.807) is 5.01 Å². The number of aliphatic hydroxyl groups excluding tert-OH is 1. The zero-order valence-corrected chi connectivity index (χ0v) is 28.7. The number of aliphatic hydroxyl groups is 1. The third-order valence-electron chi connectivity index (χ3n) is 11.1. The number of halogens is 1. The van der Waals surface area contributed by atoms with E-state index in [0.29, 0.717) is 24.6 Å². The van der Waals surface area contributed by atoms with Gasteiger partial charge in [0.1, 0.15) is 36.3 Å². The van der Waals surface area contributed by atoms with Crippen LogP contribution in [0.3, 0.4) is 0 Å². The topological polar surface area (TPSA) is 105 Å². The average molecular weight is 682 g/mol. The molecular weight excluding hydrogens is 636 g/mol. The van der Waals surface area contributed by atoms with Gasteiger partial charge < -0.3 is 24.4 Å². The van der Waals surface area contributed by atoms with Gasteiger partial charge >= 0.3 is 5.97 Å². The first kappa shape index (κ1) is 32.0. The number of aliphatic imine (C=N–C) groups is 1. The van der Waals surface area contributed by atoms with E-state index in [9.17, 15) is 9.90 Å². The summed E-state index contributed by atoms with van der Waals surface area (Å²) in [5.74, 6) is 0.822. The number of carbonyl (C=O) groups excluding carboxylic acids is 1. The summed E-state index contributed by atoms with van der Waals surface area (Å²) >= 11 is 3.52. The number of fused-ring (bicyclic) bond motifs is 7. The second-order valence-electron chi connectivity index (χ2n) is 14.0. The van der Waals surface area contributed by atoms with Crippen LogP contribution in [-0.4, -0.2) is 78.5 Å². The maximum atomic E-state index is 12.1. The molecule has 0 amide bonds. The van der Waals surface area contributed by atoms with E-state index < -0.39 is 17.1 Å². The van der Waals surface area contributed by atoms with Gasteiger partial charge in [-0.25, -0.2) is 4.99 Å². The summed E-state index contributed by atoms with van der Waals surface area (Å²) in [6.07, 6.45) is 9.70. The van der Waals surface area contributed by atoms with Crippen LogP contribution in [0.4, 0.5) is 0 Å². The van der Waals surface area contributed by atoms with Crippen LogP contribution in [0.15, 0.2) is 67.8 Å². The number of nitrogens with zero attached hydrogens (tertiary/aromatic N) is 4. The Morgan fingerprint density at radius 2 is 2.09 bits per heavy atom. The van der Waals surface area contributed by atoms with Crippen molar-refractivity contribution >= 4 is 39.2 Å². The van der Waals surface area contributed by atoms with E-state index in [0.717, 1.165) is 35.9 Å². The highest BCUT2D eigenvalue weighted by Crippen LogP contribution is 2.69. The Morgan fingerprint density at radius 3 is 2.82 bits per heavy atom. The highest BCUT2D eigenvalue weighted by Gasteiger charge is 2.74. The molecule has 242 valence electrons. The van der Waals surface area contributed by atoms with Crippen molar-refractivity contribution in [2.24, 2.45) is 43.8 Å². The molecule has 0 aromatic heterocycles. The molecule has 8 atom stereocenters. The lowest BCUT2D eigenvalue weighted by Crippen LogP contribution is -2.62. The number of carbonyl (C=O) groups is 1. The lowest BCUT2D eigenvalue weighted by Gasteiger charge is -2.59. The molecule has 1 aromatic rings. The zero-order valence-electron chi connectivity index (χ0n) is 27.1. The highest BCUT2D eigenvalue weighted by atomic mass is 79.9. The molecule has 6 rings (SSSR count). The van der Waals surface area contributed by atoms with Crippen molar-refractivity contribution in [1.29, 1.82) is 0 Å². The lowest BCUT2D eigenvalue weighted by atomic mass is 9.46. The van der Waals surface area contributed by atoms with Gasteiger partial charge in [-0.05, 0) is 67.4 Å². The summed E-state index contributed by atoms with van der Waals surface area (Å²) in [5, 5.41) is 23.2. The Kier molecular flexibility index (Phi) is 8.52. The number of ether oxygens (including phenoxy) is 2. The fourth-order valence-electron chi connectivity index (χ4n) is 9.38. The number of esters is 1. The molecule has 45 heavy (non-hydrogen) atoms. The van der Waals surface area contributed by atoms with Gasteiger partial charge in [0.05, 0.1) is 6.10 Å². The summed E-state index contributed by atoms with van der Waals surface area (Å²) < 4.78 is 13.0. The summed E-state index contributed by atoms with van der Waals surface area (Å²) in [6, 6.07) is 8.22. The minimum atomic E-state index is -0.820. The standard InChI is InChI=1S/C35H45BrN4O5/c1-21-37-35(30(38-40(5)6)20-43-22(2)41)31(45-21)18-28-27-11-10-24-17-26(39-44-15-13-23-8-7-9-25(36)16-23)12-14-33(24,3)32(27)29(42)19-34(28,35)4/h7-9,12,14,16-17,27-29,31-32,42H,10-11,13,15,18-20H2,1-6H3/b38-30?,39-26+/t27-,28-,29-,31+,32+,33-,34-,35+/m0/s1. The van der Waals surface area contributed by atoms with Gasteiger partial charge in [0, 0.05) is 55.6 Å². The minimum absolute atomic E-state index is 0.0388. The predicted molar refractivity (Wildman–Crippen MR) is 178 cm³/mol. The van der Waals surface area contributed by atoms with Crippen LogP contribution in [0.2, 0.25) is 0 Å². The number of allylic oxidation sites excluding steroid dienone is 4. The van der Waals surface area contributed by atoms with Gasteiger partial charge in [-0.1, -0.05) is 58.7 Å². The van der Waals surface area contributed by atoms with Crippen LogP contribution in [0.5, 0.6) is 0 Å². The van der Waals surface area contributed by atoms with Crippen LogP contribution in [0.1, 0.15) is 58.9 Å². The van der Waals surface area contributed by atoms with Crippen molar-refractivity contribution in [2.45, 2.75) is 77.5 Å². The Hall–Kier alpha value is -2.98. The first-order valence-corrected chi connectivity index (χ1v) is 16.8. The zero-order chi connectivity index (χ0) is 32.1. The molecular formula is C35H45BrN4O5. The minimum Gasteiger partial charge on any atom is -0.475 e. The maximum absolute atomic E-state index is 12.1. The largest absolute Gasteiger partial charge is 0.475 e. The van der Waals surface area contributed by atoms with E-state index in [-0.39, 0.29) is 41.8 Å². The number of hydrazone groups is 1. The third-order valence-corrected chi connectivity index (χ3v) is 11.6. The first-order chi connectivity index (χ1) is 21.4. The molecule has 1 aromatic carbocycles. The van der Waals surface area contributed by atoms with Crippen molar-refractivity contribution in [2.75, 3.05) is 27.3 Å². The highest BCUT2D eigenvalue weighted by molar-refractivity contribution is 9.10. The fraction of sp³-hybridized carbons (Fsp3) is 0.600. The van der Waals surface area contributed by atoms with Gasteiger partial charge in [-0.3, -0.25) is 4.79 Å². The third kappa shape index (κ3) is 5.45. The SMILES string of the molecule is CC(=O)OCC(=NN(C)C)[C@@]12N=C(C)O[C@@H]1C[C@H]1[C@@H]3CCC4=C/C(=N/OCCc5cccc(Br)c5)C=C[C@]4(C)[C@H]3[C@@H](O)C[C@@]12C. The fourth-order valence-corrected chi connectivity index (χ4v) is 9.82. The summed E-state index contributed by atoms with van der Waals surface area (Å²) in [6.45, 7) is 8.36. The van der Waals surface area contributed by atoms with E-state index in [2.05, 4.69) is 59.2 Å². The summed E-state index contributed by atoms with van der Waals surface area (Å²) in [4.78, 5) is 22.8. The van der Waals surface area contributed by atoms with Crippen molar-refractivity contribution in [1.82, 2.24) is 5.01 Å². The van der Waals surface area contributed by atoms with Gasteiger partial charge in [0.25, 0.3) is 0 Å². The molecule has 5 aliphatic rings. The van der Waals surface area contributed by atoms with Crippen LogP contribution in [-0.2, 0) is 25.5 Å². The number of benzene rings is 1. The molecule has 0 radical (unpaired) electrons. The molecule has 0 unspecified atom stereocenters. The van der Waals surface area contributed by atoms with Crippen molar-refractivity contribution in [3.63, 3.8) is 0 Å². The van der Waals surface area contributed by atoms with E-state index >= 15 is 0 Å². The molecule has 9 nitrogen and oxygen atoms in total. The molecule has 3 fully saturated rings. The normalized spacial score (nSPS) is 37.5. The molecule has 0 bridgehead atoms. The molecule has 0 saturated heterocycles. The summed E-state index contributed by atoms with van der Waals surface area (Å²) in [5.41, 5.74) is 2.44. The second-order valence-corrected chi connectivity index (χ2v) is 14.9. The van der Waals surface area contributed by atoms with Crippen molar-refractivity contribution in [3.05, 3.63) is 58.1 Å². The molecule has 0 spiro atoms. The van der Waals surface area contributed by atoms with E-state index in [4.69, 9.17) is 24.4 Å². The second kappa shape index (κ2) is 12.0. The molecule has 4 aliphatic carbocycles. The smallest absolute Gasteiger partial charge is 0.303 e. The molecule has 1 heterocycles.